The minimum Gasteiger partial charge on any atom is -0.197 e. The van der Waals surface area contributed by atoms with Gasteiger partial charge in [0.25, 0.3) is 0 Å². The second-order valence-electron chi connectivity index (χ2n) is 5.22. The molecule has 0 saturated heterocycles. The van der Waals surface area contributed by atoms with E-state index in [1.54, 1.807) is 0 Å². The van der Waals surface area contributed by atoms with Gasteiger partial charge in [-0.05, 0) is 22.6 Å². The Morgan fingerprint density at radius 1 is 0.850 bits per heavy atom. The van der Waals surface area contributed by atoms with Crippen molar-refractivity contribution >= 4 is 22.5 Å². The Morgan fingerprint density at radius 2 is 1.55 bits per heavy atom. The molecule has 4 rings (SSSR count). The standard InChI is InChI=1S/C18H16NS/c1-20-18-15-10-6-8-13-7-5-9-14(16(13)15)17(18)19-11-3-2-4-12-19/h2-12,17-18H,1H3/q+1/t17-,18-/m1/s1. The average molecular weight is 278 g/mol. The SMILES string of the molecule is CS[C@@H]1c2cccc3cccc(c23)[C@H]1[n+]1ccccc1. The number of nitrogens with zero attached hydrogens (tertiary/aromatic N) is 1. The van der Waals surface area contributed by atoms with Crippen LogP contribution in [0.3, 0.4) is 0 Å². The van der Waals surface area contributed by atoms with Gasteiger partial charge in [0.1, 0.15) is 0 Å². The second-order valence-corrected chi connectivity index (χ2v) is 6.20. The highest BCUT2D eigenvalue weighted by atomic mass is 32.2. The molecule has 0 bridgehead atoms. The largest absolute Gasteiger partial charge is 0.199 e. The molecule has 20 heavy (non-hydrogen) atoms. The normalized spacial score (nSPS) is 20.4. The van der Waals surface area contributed by atoms with Gasteiger partial charge in [0.2, 0.25) is 0 Å². The summed E-state index contributed by atoms with van der Waals surface area (Å²) in [5, 5.41) is 3.30. The molecule has 0 radical (unpaired) electrons. The number of aromatic nitrogens is 1. The number of hydrogen-bond donors (Lipinski definition) is 0. The minimum atomic E-state index is 0.396. The zero-order chi connectivity index (χ0) is 13.5. The van der Waals surface area contributed by atoms with Crippen molar-refractivity contribution in [1.29, 1.82) is 0 Å². The molecule has 2 heteroatoms. The Hall–Kier alpha value is -1.80. The van der Waals surface area contributed by atoms with Crippen molar-refractivity contribution in [2.45, 2.75) is 11.3 Å². The van der Waals surface area contributed by atoms with Crippen LogP contribution in [0.5, 0.6) is 0 Å². The summed E-state index contributed by atoms with van der Waals surface area (Å²) < 4.78 is 2.34. The lowest BCUT2D eigenvalue weighted by Gasteiger charge is -2.15. The van der Waals surface area contributed by atoms with E-state index in [2.05, 4.69) is 77.8 Å². The molecule has 1 aliphatic rings. The van der Waals surface area contributed by atoms with Crippen LogP contribution in [0.1, 0.15) is 22.4 Å². The monoisotopic (exact) mass is 278 g/mol. The Bertz CT molecular complexity index is 761. The van der Waals surface area contributed by atoms with Crippen LogP contribution in [0.4, 0.5) is 0 Å². The van der Waals surface area contributed by atoms with E-state index < -0.39 is 0 Å². The maximum atomic E-state index is 2.34. The van der Waals surface area contributed by atoms with E-state index in [-0.39, 0.29) is 0 Å². The number of hydrogen-bond acceptors (Lipinski definition) is 1. The highest BCUT2D eigenvalue weighted by Gasteiger charge is 2.39. The molecule has 0 saturated carbocycles. The van der Waals surface area contributed by atoms with E-state index in [0.29, 0.717) is 11.3 Å². The van der Waals surface area contributed by atoms with Crippen molar-refractivity contribution in [3.8, 4) is 0 Å². The van der Waals surface area contributed by atoms with Crippen LogP contribution < -0.4 is 4.57 Å². The molecule has 2 atom stereocenters. The van der Waals surface area contributed by atoms with Crippen molar-refractivity contribution in [3.63, 3.8) is 0 Å². The highest BCUT2D eigenvalue weighted by molar-refractivity contribution is 7.98. The van der Waals surface area contributed by atoms with E-state index in [0.717, 1.165) is 0 Å². The fourth-order valence-corrected chi connectivity index (χ4v) is 4.38. The molecule has 0 amide bonds. The van der Waals surface area contributed by atoms with Crippen LogP contribution in [0, 0.1) is 0 Å². The molecule has 0 N–H and O–H groups in total. The summed E-state index contributed by atoms with van der Waals surface area (Å²) in [4.78, 5) is 0. The quantitative estimate of drug-likeness (QED) is 0.637. The van der Waals surface area contributed by atoms with Crippen molar-refractivity contribution in [3.05, 3.63) is 78.1 Å². The summed E-state index contributed by atoms with van der Waals surface area (Å²) in [5.41, 5.74) is 2.93. The number of benzene rings is 2. The van der Waals surface area contributed by atoms with E-state index in [1.165, 1.54) is 21.9 Å². The van der Waals surface area contributed by atoms with Crippen LogP contribution in [-0.2, 0) is 0 Å². The van der Waals surface area contributed by atoms with Crippen LogP contribution >= 0.6 is 11.8 Å². The minimum absolute atomic E-state index is 0.396. The first-order valence-corrected chi connectivity index (χ1v) is 8.19. The molecule has 1 heterocycles. The number of rotatable bonds is 2. The zero-order valence-electron chi connectivity index (χ0n) is 11.4. The van der Waals surface area contributed by atoms with Crippen LogP contribution in [0.15, 0.2) is 67.0 Å². The molecule has 3 aromatic rings. The molecule has 0 unspecified atom stereocenters. The van der Waals surface area contributed by atoms with Crippen molar-refractivity contribution in [2.75, 3.05) is 6.26 Å². The third-order valence-corrected chi connectivity index (χ3v) is 5.21. The summed E-state index contributed by atoms with van der Waals surface area (Å²) in [5.74, 6) is 0. The van der Waals surface area contributed by atoms with Gasteiger partial charge in [-0.2, -0.15) is 4.57 Å². The topological polar surface area (TPSA) is 3.88 Å². The van der Waals surface area contributed by atoms with Gasteiger partial charge >= 0.3 is 0 Å². The zero-order valence-corrected chi connectivity index (χ0v) is 12.2. The first-order valence-electron chi connectivity index (χ1n) is 6.90. The summed E-state index contributed by atoms with van der Waals surface area (Å²) in [7, 11) is 0. The third-order valence-electron chi connectivity index (χ3n) is 4.19. The summed E-state index contributed by atoms with van der Waals surface area (Å²) in [6.07, 6.45) is 6.57. The molecule has 0 aliphatic heterocycles. The van der Waals surface area contributed by atoms with Gasteiger partial charge in [-0.15, -0.1) is 11.8 Å². The maximum absolute atomic E-state index is 2.34. The van der Waals surface area contributed by atoms with Gasteiger partial charge in [0.05, 0.1) is 5.25 Å². The van der Waals surface area contributed by atoms with Gasteiger partial charge in [0.15, 0.2) is 18.4 Å². The Labute approximate surface area is 123 Å². The first-order chi connectivity index (χ1) is 9.90. The third kappa shape index (κ3) is 1.61. The van der Waals surface area contributed by atoms with E-state index in [9.17, 15) is 0 Å². The Morgan fingerprint density at radius 3 is 2.25 bits per heavy atom. The molecule has 1 nitrogen and oxygen atoms in total. The van der Waals surface area contributed by atoms with Crippen LogP contribution in [0.2, 0.25) is 0 Å². The molecular weight excluding hydrogens is 262 g/mol. The van der Waals surface area contributed by atoms with Crippen molar-refractivity contribution in [2.24, 2.45) is 0 Å². The van der Waals surface area contributed by atoms with Crippen molar-refractivity contribution < 1.29 is 4.57 Å². The van der Waals surface area contributed by atoms with Gasteiger partial charge in [-0.25, -0.2) is 0 Å². The maximum Gasteiger partial charge on any atom is 0.199 e. The number of pyridine rings is 1. The summed E-state index contributed by atoms with van der Waals surface area (Å²) in [6, 6.07) is 20.1. The molecule has 0 spiro atoms. The van der Waals surface area contributed by atoms with Crippen LogP contribution in [0.25, 0.3) is 10.8 Å². The van der Waals surface area contributed by atoms with Gasteiger partial charge < -0.3 is 0 Å². The van der Waals surface area contributed by atoms with E-state index in [1.807, 2.05) is 11.8 Å². The molecule has 1 aliphatic carbocycles. The molecule has 98 valence electrons. The van der Waals surface area contributed by atoms with E-state index in [4.69, 9.17) is 0 Å². The fraction of sp³-hybridized carbons (Fsp3) is 0.167. The fourth-order valence-electron chi connectivity index (χ4n) is 3.39. The molecular formula is C18H16NS+. The summed E-state index contributed by atoms with van der Waals surface area (Å²) in [6.45, 7) is 0. The van der Waals surface area contributed by atoms with Crippen LogP contribution in [-0.4, -0.2) is 6.26 Å². The van der Waals surface area contributed by atoms with Gasteiger partial charge in [-0.3, -0.25) is 0 Å². The second kappa shape index (κ2) is 4.64. The summed E-state index contributed by atoms with van der Waals surface area (Å²) >= 11 is 1.94. The molecule has 0 fully saturated rings. The lowest BCUT2D eigenvalue weighted by atomic mass is 10.0. The Kier molecular flexibility index (Phi) is 2.78. The highest BCUT2D eigenvalue weighted by Crippen LogP contribution is 2.49. The average Bonchev–Trinajstić information content (AvgIpc) is 2.84. The predicted octanol–water partition coefficient (Wildman–Crippen LogP) is 4.13. The number of thioether (sulfide) groups is 1. The molecule has 1 aromatic heterocycles. The smallest absolute Gasteiger partial charge is 0.197 e. The predicted molar refractivity (Wildman–Crippen MR) is 85.0 cm³/mol. The lowest BCUT2D eigenvalue weighted by molar-refractivity contribution is -0.713. The molecule has 2 aromatic carbocycles. The van der Waals surface area contributed by atoms with Gasteiger partial charge in [0, 0.05) is 17.7 Å². The van der Waals surface area contributed by atoms with E-state index >= 15 is 0 Å². The first kappa shape index (κ1) is 12.0. The van der Waals surface area contributed by atoms with Crippen molar-refractivity contribution in [1.82, 2.24) is 0 Å². The lowest BCUT2D eigenvalue weighted by Crippen LogP contribution is -2.40. The van der Waals surface area contributed by atoms with Gasteiger partial charge in [-0.1, -0.05) is 42.5 Å². The Balaban J connectivity index is 2.01.